The largest absolute Gasteiger partial charge is 0.350 e. The van der Waals surface area contributed by atoms with Crippen LogP contribution in [0.4, 0.5) is 0 Å². The van der Waals surface area contributed by atoms with E-state index in [-0.39, 0.29) is 11.4 Å². The maximum absolute atomic E-state index is 12.8. The molecule has 138 valence electrons. The SMILES string of the molecule is O=C(NCC1(N2CCCCC2)CCCCC1)c1ccc2ccccc2c1. The van der Waals surface area contributed by atoms with Crippen molar-refractivity contribution in [3.05, 3.63) is 48.0 Å². The zero-order valence-electron chi connectivity index (χ0n) is 15.7. The van der Waals surface area contributed by atoms with Crippen molar-refractivity contribution in [2.45, 2.75) is 56.9 Å². The van der Waals surface area contributed by atoms with E-state index in [0.717, 1.165) is 17.5 Å². The number of likely N-dealkylation sites (tertiary alicyclic amines) is 1. The third kappa shape index (κ3) is 3.64. The number of fused-ring (bicyclic) bond motifs is 1. The number of piperidine rings is 1. The minimum atomic E-state index is 0.0673. The molecular weight excluding hydrogens is 320 g/mol. The molecule has 1 heterocycles. The second kappa shape index (κ2) is 7.79. The molecule has 2 aromatic rings. The number of nitrogens with one attached hydrogen (secondary N) is 1. The van der Waals surface area contributed by atoms with Crippen LogP contribution in [0.25, 0.3) is 10.8 Å². The minimum Gasteiger partial charge on any atom is -0.350 e. The van der Waals surface area contributed by atoms with Gasteiger partial charge < -0.3 is 5.32 Å². The van der Waals surface area contributed by atoms with Crippen molar-refractivity contribution < 1.29 is 4.79 Å². The molecule has 0 spiro atoms. The van der Waals surface area contributed by atoms with Crippen LogP contribution in [-0.2, 0) is 0 Å². The number of hydrogen-bond donors (Lipinski definition) is 1. The van der Waals surface area contributed by atoms with Crippen molar-refractivity contribution in [2.24, 2.45) is 0 Å². The van der Waals surface area contributed by atoms with Gasteiger partial charge in [-0.25, -0.2) is 0 Å². The molecule has 1 saturated heterocycles. The van der Waals surface area contributed by atoms with Gasteiger partial charge in [-0.3, -0.25) is 9.69 Å². The number of nitrogens with zero attached hydrogens (tertiary/aromatic N) is 1. The summed E-state index contributed by atoms with van der Waals surface area (Å²) in [5, 5.41) is 5.60. The summed E-state index contributed by atoms with van der Waals surface area (Å²) >= 11 is 0. The van der Waals surface area contributed by atoms with E-state index in [1.807, 2.05) is 30.3 Å². The Balaban J connectivity index is 1.48. The summed E-state index contributed by atoms with van der Waals surface area (Å²) in [5.41, 5.74) is 0.957. The van der Waals surface area contributed by atoms with E-state index in [1.54, 1.807) is 0 Å². The Morgan fingerprint density at radius 1 is 0.885 bits per heavy atom. The number of benzene rings is 2. The molecule has 1 saturated carbocycles. The van der Waals surface area contributed by atoms with Gasteiger partial charge in [-0.15, -0.1) is 0 Å². The maximum atomic E-state index is 12.8. The van der Waals surface area contributed by atoms with E-state index in [1.165, 1.54) is 69.8 Å². The summed E-state index contributed by atoms with van der Waals surface area (Å²) < 4.78 is 0. The van der Waals surface area contributed by atoms with Crippen LogP contribution in [0, 0.1) is 0 Å². The number of rotatable bonds is 4. The summed E-state index contributed by atoms with van der Waals surface area (Å²) in [6, 6.07) is 14.2. The molecule has 0 aromatic heterocycles. The summed E-state index contributed by atoms with van der Waals surface area (Å²) in [4.78, 5) is 15.5. The van der Waals surface area contributed by atoms with E-state index in [4.69, 9.17) is 0 Å². The fraction of sp³-hybridized carbons (Fsp3) is 0.522. The summed E-state index contributed by atoms with van der Waals surface area (Å²) in [7, 11) is 0. The number of carbonyl (C=O) groups excluding carboxylic acids is 1. The quantitative estimate of drug-likeness (QED) is 0.862. The first-order chi connectivity index (χ1) is 12.8. The van der Waals surface area contributed by atoms with Crippen molar-refractivity contribution in [1.82, 2.24) is 10.2 Å². The fourth-order valence-corrected chi connectivity index (χ4v) is 4.86. The molecule has 0 unspecified atom stereocenters. The molecular formula is C23H30N2O. The lowest BCUT2D eigenvalue weighted by molar-refractivity contribution is 0.0327. The molecule has 1 N–H and O–H groups in total. The van der Waals surface area contributed by atoms with Crippen LogP contribution in [0.15, 0.2) is 42.5 Å². The van der Waals surface area contributed by atoms with Gasteiger partial charge in [0.05, 0.1) is 0 Å². The predicted molar refractivity (Wildman–Crippen MR) is 108 cm³/mol. The highest BCUT2D eigenvalue weighted by atomic mass is 16.1. The maximum Gasteiger partial charge on any atom is 0.251 e. The monoisotopic (exact) mass is 350 g/mol. The molecule has 1 amide bonds. The van der Waals surface area contributed by atoms with Crippen LogP contribution in [0.5, 0.6) is 0 Å². The predicted octanol–water partition coefficient (Wildman–Crippen LogP) is 4.76. The lowest BCUT2D eigenvalue weighted by Gasteiger charge is -2.48. The number of carbonyl (C=O) groups is 1. The van der Waals surface area contributed by atoms with E-state index >= 15 is 0 Å². The Morgan fingerprint density at radius 3 is 2.35 bits per heavy atom. The standard InChI is InChI=1S/C23H30N2O/c26-22(21-12-11-19-9-3-4-10-20(19)17-21)24-18-23(13-5-1-6-14-23)25-15-7-2-8-16-25/h3-4,9-12,17H,1-2,5-8,13-16,18H2,(H,24,26). The highest BCUT2D eigenvalue weighted by Crippen LogP contribution is 2.35. The molecule has 26 heavy (non-hydrogen) atoms. The highest BCUT2D eigenvalue weighted by Gasteiger charge is 2.38. The van der Waals surface area contributed by atoms with Gasteiger partial charge in [0.1, 0.15) is 0 Å². The smallest absolute Gasteiger partial charge is 0.251 e. The molecule has 1 aliphatic heterocycles. The van der Waals surface area contributed by atoms with Crippen LogP contribution in [0.2, 0.25) is 0 Å². The van der Waals surface area contributed by atoms with Gasteiger partial charge in [0.2, 0.25) is 0 Å². The Bertz CT molecular complexity index is 758. The second-order valence-electron chi connectivity index (χ2n) is 8.08. The molecule has 0 atom stereocenters. The van der Waals surface area contributed by atoms with Gasteiger partial charge in [-0.1, -0.05) is 56.0 Å². The minimum absolute atomic E-state index is 0.0673. The van der Waals surface area contributed by atoms with Gasteiger partial charge in [0, 0.05) is 17.6 Å². The second-order valence-corrected chi connectivity index (χ2v) is 8.08. The van der Waals surface area contributed by atoms with E-state index < -0.39 is 0 Å². The van der Waals surface area contributed by atoms with Crippen molar-refractivity contribution >= 4 is 16.7 Å². The van der Waals surface area contributed by atoms with Crippen LogP contribution >= 0.6 is 0 Å². The first kappa shape index (κ1) is 17.5. The average molecular weight is 351 g/mol. The number of amides is 1. The van der Waals surface area contributed by atoms with Crippen LogP contribution in [0.1, 0.15) is 61.7 Å². The Morgan fingerprint density at radius 2 is 1.58 bits per heavy atom. The van der Waals surface area contributed by atoms with E-state index in [9.17, 15) is 4.79 Å². The summed E-state index contributed by atoms with van der Waals surface area (Å²) in [6.07, 6.45) is 10.4. The molecule has 0 radical (unpaired) electrons. The first-order valence-electron chi connectivity index (χ1n) is 10.3. The Kier molecular flexibility index (Phi) is 5.26. The van der Waals surface area contributed by atoms with Crippen LogP contribution in [0.3, 0.4) is 0 Å². The fourth-order valence-electron chi connectivity index (χ4n) is 4.86. The van der Waals surface area contributed by atoms with Gasteiger partial charge in [-0.05, 0) is 61.7 Å². The van der Waals surface area contributed by atoms with E-state index in [0.29, 0.717) is 0 Å². The van der Waals surface area contributed by atoms with Gasteiger partial charge in [0.25, 0.3) is 5.91 Å². The lowest BCUT2D eigenvalue weighted by atomic mass is 9.79. The molecule has 4 rings (SSSR count). The van der Waals surface area contributed by atoms with Crippen LogP contribution < -0.4 is 5.32 Å². The molecule has 2 aliphatic rings. The van der Waals surface area contributed by atoms with Crippen molar-refractivity contribution in [1.29, 1.82) is 0 Å². The molecule has 0 bridgehead atoms. The van der Waals surface area contributed by atoms with Gasteiger partial charge in [-0.2, -0.15) is 0 Å². The molecule has 3 nitrogen and oxygen atoms in total. The lowest BCUT2D eigenvalue weighted by Crippen LogP contribution is -2.58. The van der Waals surface area contributed by atoms with Gasteiger partial charge >= 0.3 is 0 Å². The summed E-state index contributed by atoms with van der Waals surface area (Å²) in [6.45, 7) is 3.19. The summed E-state index contributed by atoms with van der Waals surface area (Å²) in [5.74, 6) is 0.0673. The van der Waals surface area contributed by atoms with Crippen molar-refractivity contribution in [3.63, 3.8) is 0 Å². The Labute approximate surface area is 156 Å². The van der Waals surface area contributed by atoms with Crippen LogP contribution in [-0.4, -0.2) is 36.0 Å². The number of hydrogen-bond acceptors (Lipinski definition) is 2. The third-order valence-corrected chi connectivity index (χ3v) is 6.40. The average Bonchev–Trinajstić information content (AvgIpc) is 2.73. The Hall–Kier alpha value is -1.87. The third-order valence-electron chi connectivity index (χ3n) is 6.40. The molecule has 3 heteroatoms. The van der Waals surface area contributed by atoms with Crippen molar-refractivity contribution in [3.8, 4) is 0 Å². The topological polar surface area (TPSA) is 32.3 Å². The molecule has 1 aliphatic carbocycles. The van der Waals surface area contributed by atoms with E-state index in [2.05, 4.69) is 22.3 Å². The molecule has 2 fully saturated rings. The van der Waals surface area contributed by atoms with Gasteiger partial charge in [0.15, 0.2) is 0 Å². The highest BCUT2D eigenvalue weighted by molar-refractivity contribution is 5.98. The van der Waals surface area contributed by atoms with Crippen molar-refractivity contribution in [2.75, 3.05) is 19.6 Å². The normalized spacial score (nSPS) is 20.8. The zero-order chi connectivity index (χ0) is 17.8. The zero-order valence-corrected chi connectivity index (χ0v) is 15.7. The first-order valence-corrected chi connectivity index (χ1v) is 10.3. The molecule has 2 aromatic carbocycles.